The van der Waals surface area contributed by atoms with Crippen molar-refractivity contribution in [2.75, 3.05) is 11.9 Å². The van der Waals surface area contributed by atoms with E-state index in [4.69, 9.17) is 27.9 Å². The SMILES string of the molecule is CC(Sc1n[nH]c(=O)n1CC1CCCO1)C(=O)Nc1c(Cl)cccc1Cl. The molecule has 1 aliphatic heterocycles. The van der Waals surface area contributed by atoms with Gasteiger partial charge in [0, 0.05) is 6.61 Å². The van der Waals surface area contributed by atoms with Crippen LogP contribution in [0.1, 0.15) is 19.8 Å². The number of halogens is 2. The van der Waals surface area contributed by atoms with E-state index in [-0.39, 0.29) is 17.7 Å². The molecule has 2 aromatic rings. The van der Waals surface area contributed by atoms with Crippen LogP contribution >= 0.6 is 35.0 Å². The normalized spacial score (nSPS) is 18.0. The predicted molar refractivity (Wildman–Crippen MR) is 102 cm³/mol. The van der Waals surface area contributed by atoms with Crippen molar-refractivity contribution in [3.8, 4) is 0 Å². The van der Waals surface area contributed by atoms with Crippen molar-refractivity contribution in [2.24, 2.45) is 0 Å². The van der Waals surface area contributed by atoms with Crippen molar-refractivity contribution in [3.63, 3.8) is 0 Å². The fourth-order valence-corrected chi connectivity index (χ4v) is 3.96. The second kappa shape index (κ2) is 8.47. The van der Waals surface area contributed by atoms with E-state index in [0.717, 1.165) is 12.8 Å². The summed E-state index contributed by atoms with van der Waals surface area (Å²) in [5.74, 6) is -0.288. The van der Waals surface area contributed by atoms with Gasteiger partial charge in [-0.1, -0.05) is 41.0 Å². The number of rotatable bonds is 6. The molecule has 3 rings (SSSR count). The molecule has 0 saturated carbocycles. The molecule has 0 spiro atoms. The maximum absolute atomic E-state index is 12.5. The zero-order chi connectivity index (χ0) is 18.7. The van der Waals surface area contributed by atoms with E-state index in [1.54, 1.807) is 25.1 Å². The van der Waals surface area contributed by atoms with E-state index in [1.165, 1.54) is 16.3 Å². The summed E-state index contributed by atoms with van der Waals surface area (Å²) < 4.78 is 7.08. The number of ether oxygens (including phenoxy) is 1. The number of carbonyl (C=O) groups is 1. The number of para-hydroxylation sites is 1. The molecule has 140 valence electrons. The van der Waals surface area contributed by atoms with Crippen LogP contribution in [0.4, 0.5) is 5.69 Å². The summed E-state index contributed by atoms with van der Waals surface area (Å²) in [4.78, 5) is 24.5. The maximum atomic E-state index is 12.5. The molecular formula is C16H18Cl2N4O3S. The molecule has 2 N–H and O–H groups in total. The highest BCUT2D eigenvalue weighted by Gasteiger charge is 2.23. The summed E-state index contributed by atoms with van der Waals surface area (Å²) in [6.45, 7) is 2.85. The van der Waals surface area contributed by atoms with Crippen LogP contribution in [-0.4, -0.2) is 38.6 Å². The van der Waals surface area contributed by atoms with Crippen molar-refractivity contribution in [3.05, 3.63) is 38.7 Å². The highest BCUT2D eigenvalue weighted by Crippen LogP contribution is 2.31. The van der Waals surface area contributed by atoms with Crippen LogP contribution in [0.5, 0.6) is 0 Å². The first kappa shape index (κ1) is 19.3. The Hall–Kier alpha value is -1.48. The fraction of sp³-hybridized carbons (Fsp3) is 0.438. The van der Waals surface area contributed by atoms with Crippen LogP contribution in [-0.2, 0) is 16.1 Å². The Bertz CT molecular complexity index is 828. The Kier molecular flexibility index (Phi) is 6.29. The van der Waals surface area contributed by atoms with Crippen LogP contribution in [0.3, 0.4) is 0 Å². The lowest BCUT2D eigenvalue weighted by Crippen LogP contribution is -2.27. The van der Waals surface area contributed by atoms with Gasteiger partial charge in [0.2, 0.25) is 5.91 Å². The minimum atomic E-state index is -0.513. The number of nitrogens with zero attached hydrogens (tertiary/aromatic N) is 2. The van der Waals surface area contributed by atoms with Gasteiger partial charge in [-0.2, -0.15) is 0 Å². The van der Waals surface area contributed by atoms with Crippen LogP contribution in [0.15, 0.2) is 28.2 Å². The van der Waals surface area contributed by atoms with Crippen molar-refractivity contribution in [1.29, 1.82) is 0 Å². The average molecular weight is 417 g/mol. The number of carbonyl (C=O) groups excluding carboxylic acids is 1. The number of amides is 1. The number of anilines is 1. The van der Waals surface area contributed by atoms with E-state index >= 15 is 0 Å². The first-order chi connectivity index (χ1) is 12.5. The smallest absolute Gasteiger partial charge is 0.344 e. The molecule has 1 saturated heterocycles. The molecule has 1 aliphatic rings. The number of nitrogens with one attached hydrogen (secondary N) is 2. The highest BCUT2D eigenvalue weighted by molar-refractivity contribution is 8.00. The zero-order valence-corrected chi connectivity index (χ0v) is 16.3. The molecular weight excluding hydrogens is 399 g/mol. The maximum Gasteiger partial charge on any atom is 0.344 e. The quantitative estimate of drug-likeness (QED) is 0.705. The van der Waals surface area contributed by atoms with E-state index in [9.17, 15) is 9.59 Å². The number of hydrogen-bond donors (Lipinski definition) is 2. The first-order valence-electron chi connectivity index (χ1n) is 8.14. The largest absolute Gasteiger partial charge is 0.376 e. The number of aromatic nitrogens is 3. The lowest BCUT2D eigenvalue weighted by molar-refractivity contribution is -0.115. The lowest BCUT2D eigenvalue weighted by Gasteiger charge is -2.15. The Labute approximate surface area is 164 Å². The highest BCUT2D eigenvalue weighted by atomic mass is 35.5. The monoisotopic (exact) mass is 416 g/mol. The van der Waals surface area contributed by atoms with E-state index in [1.807, 2.05) is 0 Å². The first-order valence-corrected chi connectivity index (χ1v) is 9.77. The lowest BCUT2D eigenvalue weighted by atomic mass is 10.2. The summed E-state index contributed by atoms with van der Waals surface area (Å²) in [5, 5.41) is 9.83. The topological polar surface area (TPSA) is 89.0 Å². The third-order valence-corrected chi connectivity index (χ3v) is 5.72. The third kappa shape index (κ3) is 4.43. The van der Waals surface area contributed by atoms with Gasteiger partial charge < -0.3 is 10.1 Å². The molecule has 1 amide bonds. The van der Waals surface area contributed by atoms with E-state index in [2.05, 4.69) is 15.5 Å². The van der Waals surface area contributed by atoms with Crippen LogP contribution in [0, 0.1) is 0 Å². The molecule has 0 aliphatic carbocycles. The second-order valence-corrected chi connectivity index (χ2v) is 8.03. The number of H-pyrrole nitrogens is 1. The third-order valence-electron chi connectivity index (χ3n) is 4.00. The zero-order valence-electron chi connectivity index (χ0n) is 14.0. The molecule has 2 atom stereocenters. The Morgan fingerprint density at radius 1 is 1.50 bits per heavy atom. The Balaban J connectivity index is 1.68. The van der Waals surface area contributed by atoms with E-state index in [0.29, 0.717) is 34.0 Å². The second-order valence-electron chi connectivity index (χ2n) is 5.90. The van der Waals surface area contributed by atoms with Gasteiger partial charge in [0.1, 0.15) is 0 Å². The van der Waals surface area contributed by atoms with Crippen LogP contribution in [0.25, 0.3) is 0 Å². The number of hydrogen-bond acceptors (Lipinski definition) is 5. The van der Waals surface area contributed by atoms with Gasteiger partial charge in [0.05, 0.1) is 33.6 Å². The summed E-state index contributed by atoms with van der Waals surface area (Å²) in [6.07, 6.45) is 1.88. The minimum absolute atomic E-state index is 0.00397. The van der Waals surface area contributed by atoms with Gasteiger partial charge in [-0.05, 0) is 31.9 Å². The van der Waals surface area contributed by atoms with Crippen molar-refractivity contribution < 1.29 is 9.53 Å². The van der Waals surface area contributed by atoms with Crippen molar-refractivity contribution in [1.82, 2.24) is 14.8 Å². The predicted octanol–water partition coefficient (Wildman–Crippen LogP) is 3.18. The van der Waals surface area contributed by atoms with Gasteiger partial charge in [-0.3, -0.25) is 9.36 Å². The summed E-state index contributed by atoms with van der Waals surface area (Å²) in [7, 11) is 0. The number of benzene rings is 1. The Morgan fingerprint density at radius 3 is 2.88 bits per heavy atom. The molecule has 2 heterocycles. The summed E-state index contributed by atoms with van der Waals surface area (Å²) in [6, 6.07) is 4.99. The molecule has 0 bridgehead atoms. The van der Waals surface area contributed by atoms with Gasteiger partial charge in [0.25, 0.3) is 0 Å². The van der Waals surface area contributed by atoms with Gasteiger partial charge in [-0.25, -0.2) is 9.89 Å². The molecule has 2 unspecified atom stereocenters. The minimum Gasteiger partial charge on any atom is -0.376 e. The van der Waals surface area contributed by atoms with Gasteiger partial charge >= 0.3 is 5.69 Å². The summed E-state index contributed by atoms with van der Waals surface area (Å²) in [5.41, 5.74) is 0.0526. The van der Waals surface area contributed by atoms with Crippen molar-refractivity contribution in [2.45, 2.75) is 42.8 Å². The average Bonchev–Trinajstić information content (AvgIpc) is 3.23. The molecule has 7 nitrogen and oxygen atoms in total. The van der Waals surface area contributed by atoms with Crippen molar-refractivity contribution >= 4 is 46.6 Å². The van der Waals surface area contributed by atoms with Crippen LogP contribution in [0.2, 0.25) is 10.0 Å². The Morgan fingerprint density at radius 2 is 2.23 bits per heavy atom. The molecule has 0 radical (unpaired) electrons. The van der Waals surface area contributed by atoms with Crippen LogP contribution < -0.4 is 11.0 Å². The number of aromatic amines is 1. The summed E-state index contributed by atoms with van der Waals surface area (Å²) >= 11 is 13.3. The van der Waals surface area contributed by atoms with E-state index < -0.39 is 5.25 Å². The molecule has 10 heteroatoms. The molecule has 1 fully saturated rings. The number of thioether (sulfide) groups is 1. The molecule has 26 heavy (non-hydrogen) atoms. The standard InChI is InChI=1S/C16H18Cl2N4O3S/c1-9(14(23)19-13-11(17)5-2-6-12(13)18)26-16-21-20-15(24)22(16)8-10-4-3-7-25-10/h2,5-6,9-10H,3-4,7-8H2,1H3,(H,19,23)(H,20,24). The molecule has 1 aromatic carbocycles. The fourth-order valence-electron chi connectivity index (χ4n) is 2.60. The van der Waals surface area contributed by atoms with Gasteiger partial charge in [-0.15, -0.1) is 5.10 Å². The molecule has 1 aromatic heterocycles. The van der Waals surface area contributed by atoms with Gasteiger partial charge in [0.15, 0.2) is 5.16 Å².